The maximum atomic E-state index is 5.43. The van der Waals surface area contributed by atoms with Crippen LogP contribution < -0.4 is 5.32 Å². The third-order valence-corrected chi connectivity index (χ3v) is 4.18. The smallest absolute Gasteiger partial charge is 0.0864 e. The second kappa shape index (κ2) is 5.81. The molecule has 4 heteroatoms. The molecule has 0 saturated carbocycles. The number of fused-ring (bicyclic) bond motifs is 1. The van der Waals surface area contributed by atoms with Crippen LogP contribution in [0.4, 0.5) is 5.69 Å². The Bertz CT molecular complexity index is 760. The zero-order chi connectivity index (χ0) is 14.8. The van der Waals surface area contributed by atoms with Crippen LogP contribution in [0.5, 0.6) is 0 Å². The van der Waals surface area contributed by atoms with E-state index in [1.54, 1.807) is 0 Å². The van der Waals surface area contributed by atoms with Gasteiger partial charge in [0.2, 0.25) is 0 Å². The number of hydrogen-bond acceptors (Lipinski definition) is 3. The molecule has 0 amide bonds. The molecular formula is C18H19N3O. The monoisotopic (exact) mass is 293 g/mol. The predicted octanol–water partition coefficient (Wildman–Crippen LogP) is 3.82. The molecule has 112 valence electrons. The van der Waals surface area contributed by atoms with Gasteiger partial charge in [-0.25, -0.2) is 0 Å². The van der Waals surface area contributed by atoms with Gasteiger partial charge < -0.3 is 15.0 Å². The van der Waals surface area contributed by atoms with Crippen molar-refractivity contribution in [2.45, 2.75) is 18.9 Å². The van der Waals surface area contributed by atoms with Crippen LogP contribution in [0.2, 0.25) is 0 Å². The number of benzene rings is 1. The van der Waals surface area contributed by atoms with Crippen molar-refractivity contribution < 1.29 is 4.74 Å². The lowest BCUT2D eigenvalue weighted by atomic mass is 10.1. The van der Waals surface area contributed by atoms with Crippen molar-refractivity contribution in [2.24, 2.45) is 0 Å². The molecule has 0 spiro atoms. The minimum absolute atomic E-state index is 0.487. The van der Waals surface area contributed by atoms with E-state index in [2.05, 4.69) is 39.6 Å². The van der Waals surface area contributed by atoms with Crippen LogP contribution in [-0.4, -0.2) is 29.2 Å². The second-order valence-corrected chi connectivity index (χ2v) is 5.70. The van der Waals surface area contributed by atoms with E-state index in [0.717, 1.165) is 48.6 Å². The molecule has 0 bridgehead atoms. The minimum Gasteiger partial charge on any atom is -0.381 e. The highest BCUT2D eigenvalue weighted by molar-refractivity contribution is 5.94. The minimum atomic E-state index is 0.487. The maximum absolute atomic E-state index is 5.43. The van der Waals surface area contributed by atoms with Crippen molar-refractivity contribution in [3.05, 3.63) is 48.7 Å². The van der Waals surface area contributed by atoms with Crippen molar-refractivity contribution in [3.8, 4) is 11.4 Å². The van der Waals surface area contributed by atoms with Crippen LogP contribution >= 0.6 is 0 Å². The van der Waals surface area contributed by atoms with Crippen LogP contribution in [0.1, 0.15) is 12.8 Å². The molecule has 2 N–H and O–H groups in total. The first-order chi connectivity index (χ1) is 10.9. The highest BCUT2D eigenvalue weighted by Crippen LogP contribution is 2.29. The van der Waals surface area contributed by atoms with Crippen molar-refractivity contribution in [2.75, 3.05) is 18.5 Å². The summed E-state index contributed by atoms with van der Waals surface area (Å²) in [6, 6.07) is 15.0. The van der Waals surface area contributed by atoms with E-state index in [1.807, 2.05) is 24.4 Å². The molecule has 1 aliphatic rings. The van der Waals surface area contributed by atoms with E-state index >= 15 is 0 Å². The van der Waals surface area contributed by atoms with E-state index in [0.29, 0.717) is 6.04 Å². The summed E-state index contributed by atoms with van der Waals surface area (Å²) in [6.45, 7) is 1.69. The van der Waals surface area contributed by atoms with E-state index in [9.17, 15) is 0 Å². The first-order valence-electron chi connectivity index (χ1n) is 7.77. The van der Waals surface area contributed by atoms with E-state index in [-0.39, 0.29) is 0 Å². The lowest BCUT2D eigenvalue weighted by Crippen LogP contribution is -2.27. The van der Waals surface area contributed by atoms with Crippen molar-refractivity contribution >= 4 is 16.6 Å². The van der Waals surface area contributed by atoms with Gasteiger partial charge in [-0.15, -0.1) is 0 Å². The Morgan fingerprint density at radius 2 is 2.00 bits per heavy atom. The molecule has 2 aromatic heterocycles. The van der Waals surface area contributed by atoms with Crippen LogP contribution in [-0.2, 0) is 4.74 Å². The number of nitrogens with one attached hydrogen (secondary N) is 2. The van der Waals surface area contributed by atoms with Crippen LogP contribution in [0.25, 0.3) is 22.3 Å². The van der Waals surface area contributed by atoms with Gasteiger partial charge >= 0.3 is 0 Å². The van der Waals surface area contributed by atoms with Crippen molar-refractivity contribution in [1.29, 1.82) is 0 Å². The number of aromatic amines is 1. The Kier molecular flexibility index (Phi) is 3.52. The highest BCUT2D eigenvalue weighted by atomic mass is 16.5. The second-order valence-electron chi connectivity index (χ2n) is 5.70. The van der Waals surface area contributed by atoms with Gasteiger partial charge in [0, 0.05) is 30.8 Å². The molecule has 1 saturated heterocycles. The fraction of sp³-hybridized carbons (Fsp3) is 0.278. The van der Waals surface area contributed by atoms with Gasteiger partial charge in [0.1, 0.15) is 0 Å². The molecule has 0 atom stereocenters. The van der Waals surface area contributed by atoms with Gasteiger partial charge in [-0.3, -0.25) is 4.98 Å². The number of ether oxygens (including phenoxy) is 1. The summed E-state index contributed by atoms with van der Waals surface area (Å²) in [7, 11) is 0. The fourth-order valence-electron chi connectivity index (χ4n) is 3.00. The lowest BCUT2D eigenvalue weighted by molar-refractivity contribution is 0.0905. The summed E-state index contributed by atoms with van der Waals surface area (Å²) < 4.78 is 5.43. The summed E-state index contributed by atoms with van der Waals surface area (Å²) in [5.41, 5.74) is 4.33. The molecule has 0 unspecified atom stereocenters. The number of pyridine rings is 1. The Morgan fingerprint density at radius 3 is 2.82 bits per heavy atom. The number of para-hydroxylation sites is 1. The van der Waals surface area contributed by atoms with Crippen molar-refractivity contribution in [1.82, 2.24) is 9.97 Å². The normalized spacial score (nSPS) is 16.0. The number of nitrogens with zero attached hydrogens (tertiary/aromatic N) is 1. The summed E-state index contributed by atoms with van der Waals surface area (Å²) in [6.07, 6.45) is 3.94. The average molecular weight is 293 g/mol. The Hall–Kier alpha value is -2.33. The predicted molar refractivity (Wildman–Crippen MR) is 89.0 cm³/mol. The first kappa shape index (κ1) is 13.3. The first-order valence-corrected chi connectivity index (χ1v) is 7.77. The van der Waals surface area contributed by atoms with E-state index in [1.165, 1.54) is 5.39 Å². The molecule has 0 radical (unpaired) electrons. The molecule has 1 aliphatic heterocycles. The SMILES string of the molecule is c1ccc(-c2cc3cccc(NC4CCOCC4)c3[nH]2)nc1. The van der Waals surface area contributed by atoms with Crippen molar-refractivity contribution in [3.63, 3.8) is 0 Å². The van der Waals surface area contributed by atoms with E-state index < -0.39 is 0 Å². The number of H-pyrrole nitrogens is 1. The quantitative estimate of drug-likeness (QED) is 0.772. The standard InChI is InChI=1S/C18H19N3O/c1-2-9-19-15(5-1)17-12-13-4-3-6-16(18(13)21-17)20-14-7-10-22-11-8-14/h1-6,9,12,14,20-21H,7-8,10-11H2. The summed E-state index contributed by atoms with van der Waals surface area (Å²) in [5, 5.41) is 4.86. The number of rotatable bonds is 3. The molecule has 1 fully saturated rings. The Labute approximate surface area is 129 Å². The Balaban J connectivity index is 1.69. The molecule has 3 heterocycles. The molecule has 4 nitrogen and oxygen atoms in total. The van der Waals surface area contributed by atoms with Gasteiger partial charge in [-0.05, 0) is 37.1 Å². The Morgan fingerprint density at radius 1 is 1.09 bits per heavy atom. The zero-order valence-corrected chi connectivity index (χ0v) is 12.4. The summed E-state index contributed by atoms with van der Waals surface area (Å²) >= 11 is 0. The topological polar surface area (TPSA) is 49.9 Å². The van der Waals surface area contributed by atoms with Gasteiger partial charge in [0.05, 0.1) is 22.6 Å². The third-order valence-electron chi connectivity index (χ3n) is 4.18. The number of anilines is 1. The number of aromatic nitrogens is 2. The lowest BCUT2D eigenvalue weighted by Gasteiger charge is -2.24. The fourth-order valence-corrected chi connectivity index (χ4v) is 3.00. The molecule has 22 heavy (non-hydrogen) atoms. The molecule has 4 rings (SSSR count). The van der Waals surface area contributed by atoms with Gasteiger partial charge in [-0.2, -0.15) is 0 Å². The van der Waals surface area contributed by atoms with Crippen LogP contribution in [0.15, 0.2) is 48.7 Å². The largest absolute Gasteiger partial charge is 0.381 e. The average Bonchev–Trinajstić information content (AvgIpc) is 3.02. The summed E-state index contributed by atoms with van der Waals surface area (Å²) in [5.74, 6) is 0. The van der Waals surface area contributed by atoms with E-state index in [4.69, 9.17) is 4.74 Å². The highest BCUT2D eigenvalue weighted by Gasteiger charge is 2.15. The van der Waals surface area contributed by atoms with Crippen LogP contribution in [0, 0.1) is 0 Å². The van der Waals surface area contributed by atoms with Gasteiger partial charge in [0.15, 0.2) is 0 Å². The molecule has 0 aliphatic carbocycles. The maximum Gasteiger partial charge on any atom is 0.0864 e. The number of hydrogen-bond donors (Lipinski definition) is 2. The van der Waals surface area contributed by atoms with Gasteiger partial charge in [-0.1, -0.05) is 18.2 Å². The van der Waals surface area contributed by atoms with Gasteiger partial charge in [0.25, 0.3) is 0 Å². The molecular weight excluding hydrogens is 274 g/mol. The van der Waals surface area contributed by atoms with Crippen LogP contribution in [0.3, 0.4) is 0 Å². The third kappa shape index (κ3) is 2.57. The molecule has 1 aromatic carbocycles. The zero-order valence-electron chi connectivity index (χ0n) is 12.4. The summed E-state index contributed by atoms with van der Waals surface area (Å²) in [4.78, 5) is 7.94. The molecule has 3 aromatic rings.